The van der Waals surface area contributed by atoms with E-state index >= 15 is 0 Å². The standard InChI is InChI=1S/C12H13BrN4O/c1-7(14)9-3-2-8(6-10(9)13)17-5-4-11(16-17)12(15)18/h2-7H,14H2,1H3,(H2,15,18)/t7-/m0/s1. The Hall–Kier alpha value is -1.66. The summed E-state index contributed by atoms with van der Waals surface area (Å²) in [5, 5.41) is 4.09. The molecule has 0 aliphatic rings. The Kier molecular flexibility index (Phi) is 3.49. The van der Waals surface area contributed by atoms with Crippen LogP contribution in [0.4, 0.5) is 0 Å². The molecule has 0 bridgehead atoms. The van der Waals surface area contributed by atoms with E-state index in [2.05, 4.69) is 21.0 Å². The van der Waals surface area contributed by atoms with Crippen LogP contribution in [-0.4, -0.2) is 15.7 Å². The molecule has 0 aliphatic carbocycles. The fraction of sp³-hybridized carbons (Fsp3) is 0.167. The molecule has 2 aromatic rings. The molecule has 0 saturated heterocycles. The van der Waals surface area contributed by atoms with Crippen LogP contribution in [0.15, 0.2) is 34.9 Å². The van der Waals surface area contributed by atoms with E-state index in [0.717, 1.165) is 15.7 Å². The van der Waals surface area contributed by atoms with Crippen molar-refractivity contribution in [3.63, 3.8) is 0 Å². The Morgan fingerprint density at radius 1 is 1.44 bits per heavy atom. The maximum absolute atomic E-state index is 11.0. The van der Waals surface area contributed by atoms with E-state index in [4.69, 9.17) is 11.5 Å². The Balaban J connectivity index is 2.39. The number of hydrogen-bond donors (Lipinski definition) is 2. The summed E-state index contributed by atoms with van der Waals surface area (Å²) in [5.74, 6) is -0.542. The molecule has 1 aromatic carbocycles. The van der Waals surface area contributed by atoms with Crippen molar-refractivity contribution in [2.75, 3.05) is 0 Å². The van der Waals surface area contributed by atoms with Gasteiger partial charge in [0.25, 0.3) is 5.91 Å². The summed E-state index contributed by atoms with van der Waals surface area (Å²) in [4.78, 5) is 11.0. The molecule has 0 spiro atoms. The number of halogens is 1. The second kappa shape index (κ2) is 4.91. The minimum absolute atomic E-state index is 0.0489. The molecule has 0 radical (unpaired) electrons. The van der Waals surface area contributed by atoms with Gasteiger partial charge in [0.05, 0.1) is 5.69 Å². The number of aromatic nitrogens is 2. The third kappa shape index (κ3) is 2.44. The van der Waals surface area contributed by atoms with Gasteiger partial charge in [0.15, 0.2) is 0 Å². The van der Waals surface area contributed by atoms with Crippen molar-refractivity contribution in [1.29, 1.82) is 0 Å². The Bertz CT molecular complexity index is 592. The first-order valence-electron chi connectivity index (χ1n) is 5.40. The smallest absolute Gasteiger partial charge is 0.269 e. The summed E-state index contributed by atoms with van der Waals surface area (Å²) in [5.41, 5.74) is 13.1. The molecular weight excluding hydrogens is 296 g/mol. The van der Waals surface area contributed by atoms with Crippen molar-refractivity contribution < 1.29 is 4.79 Å². The van der Waals surface area contributed by atoms with Crippen LogP contribution in [0.2, 0.25) is 0 Å². The predicted molar refractivity (Wildman–Crippen MR) is 72.4 cm³/mol. The van der Waals surface area contributed by atoms with E-state index in [9.17, 15) is 4.79 Å². The minimum Gasteiger partial charge on any atom is -0.364 e. The maximum Gasteiger partial charge on any atom is 0.269 e. The molecular formula is C12H13BrN4O. The van der Waals surface area contributed by atoms with Gasteiger partial charge in [-0.15, -0.1) is 0 Å². The highest BCUT2D eigenvalue weighted by Crippen LogP contribution is 2.24. The van der Waals surface area contributed by atoms with Gasteiger partial charge in [-0.3, -0.25) is 4.79 Å². The van der Waals surface area contributed by atoms with Crippen LogP contribution >= 0.6 is 15.9 Å². The Morgan fingerprint density at radius 3 is 2.67 bits per heavy atom. The number of nitrogens with two attached hydrogens (primary N) is 2. The Morgan fingerprint density at radius 2 is 2.17 bits per heavy atom. The highest BCUT2D eigenvalue weighted by atomic mass is 79.9. The van der Waals surface area contributed by atoms with Gasteiger partial charge in [-0.1, -0.05) is 22.0 Å². The van der Waals surface area contributed by atoms with E-state index in [0.29, 0.717) is 0 Å². The monoisotopic (exact) mass is 308 g/mol. The first-order valence-corrected chi connectivity index (χ1v) is 6.19. The van der Waals surface area contributed by atoms with Gasteiger partial charge >= 0.3 is 0 Å². The molecule has 6 heteroatoms. The van der Waals surface area contributed by atoms with E-state index in [-0.39, 0.29) is 11.7 Å². The summed E-state index contributed by atoms with van der Waals surface area (Å²) in [6.45, 7) is 1.92. The number of primary amides is 1. The zero-order chi connectivity index (χ0) is 13.3. The van der Waals surface area contributed by atoms with Gasteiger partial charge in [0.2, 0.25) is 0 Å². The first kappa shape index (κ1) is 12.8. The van der Waals surface area contributed by atoms with Crippen molar-refractivity contribution in [2.24, 2.45) is 11.5 Å². The molecule has 1 amide bonds. The molecule has 0 saturated carbocycles. The lowest BCUT2D eigenvalue weighted by Gasteiger charge is -2.10. The largest absolute Gasteiger partial charge is 0.364 e. The van der Waals surface area contributed by atoms with Crippen molar-refractivity contribution in [3.05, 3.63) is 46.2 Å². The number of carbonyl (C=O) groups excluding carboxylic acids is 1. The fourth-order valence-corrected chi connectivity index (χ4v) is 2.35. The minimum atomic E-state index is -0.542. The predicted octanol–water partition coefficient (Wildman–Crippen LogP) is 1.75. The number of benzene rings is 1. The molecule has 0 aliphatic heterocycles. The molecule has 18 heavy (non-hydrogen) atoms. The molecule has 1 atom stereocenters. The molecule has 2 rings (SSSR count). The summed E-state index contributed by atoms with van der Waals surface area (Å²) >= 11 is 3.47. The van der Waals surface area contributed by atoms with Gasteiger partial charge < -0.3 is 11.5 Å². The topological polar surface area (TPSA) is 86.9 Å². The third-order valence-electron chi connectivity index (χ3n) is 2.58. The number of nitrogens with zero attached hydrogens (tertiary/aromatic N) is 2. The number of carbonyl (C=O) groups is 1. The van der Waals surface area contributed by atoms with Gasteiger partial charge in [0, 0.05) is 16.7 Å². The number of rotatable bonds is 3. The van der Waals surface area contributed by atoms with Crippen LogP contribution in [0.25, 0.3) is 5.69 Å². The van der Waals surface area contributed by atoms with Crippen molar-refractivity contribution in [1.82, 2.24) is 9.78 Å². The quantitative estimate of drug-likeness (QED) is 0.905. The SMILES string of the molecule is C[C@H](N)c1ccc(-n2ccc(C(N)=O)n2)cc1Br. The van der Waals surface area contributed by atoms with Crippen molar-refractivity contribution >= 4 is 21.8 Å². The zero-order valence-electron chi connectivity index (χ0n) is 9.80. The highest BCUT2D eigenvalue weighted by molar-refractivity contribution is 9.10. The highest BCUT2D eigenvalue weighted by Gasteiger charge is 2.09. The normalized spacial score (nSPS) is 12.4. The molecule has 5 nitrogen and oxygen atoms in total. The average Bonchev–Trinajstić information content (AvgIpc) is 2.77. The van der Waals surface area contributed by atoms with Gasteiger partial charge in [-0.2, -0.15) is 5.10 Å². The van der Waals surface area contributed by atoms with Crippen molar-refractivity contribution in [2.45, 2.75) is 13.0 Å². The van der Waals surface area contributed by atoms with Gasteiger partial charge in [0.1, 0.15) is 5.69 Å². The second-order valence-corrected chi connectivity index (χ2v) is 4.86. The lowest BCUT2D eigenvalue weighted by Crippen LogP contribution is -2.12. The van der Waals surface area contributed by atoms with Gasteiger partial charge in [-0.05, 0) is 30.7 Å². The van der Waals surface area contributed by atoms with Gasteiger partial charge in [-0.25, -0.2) is 4.68 Å². The second-order valence-electron chi connectivity index (χ2n) is 4.00. The van der Waals surface area contributed by atoms with Crippen LogP contribution in [0, 0.1) is 0 Å². The maximum atomic E-state index is 11.0. The average molecular weight is 309 g/mol. The molecule has 1 heterocycles. The van der Waals surface area contributed by atoms with Crippen LogP contribution in [0.1, 0.15) is 29.0 Å². The lowest BCUT2D eigenvalue weighted by molar-refractivity contribution is 0.0995. The van der Waals surface area contributed by atoms with E-state index < -0.39 is 5.91 Å². The van der Waals surface area contributed by atoms with E-state index in [1.54, 1.807) is 16.9 Å². The van der Waals surface area contributed by atoms with Crippen LogP contribution in [0.5, 0.6) is 0 Å². The van der Waals surface area contributed by atoms with Crippen LogP contribution < -0.4 is 11.5 Å². The third-order valence-corrected chi connectivity index (χ3v) is 3.27. The summed E-state index contributed by atoms with van der Waals surface area (Å²) in [7, 11) is 0. The van der Waals surface area contributed by atoms with Crippen molar-refractivity contribution in [3.8, 4) is 5.69 Å². The van der Waals surface area contributed by atoms with E-state index in [1.165, 1.54) is 0 Å². The molecule has 0 unspecified atom stereocenters. The summed E-state index contributed by atoms with van der Waals surface area (Å²) in [6, 6.07) is 7.25. The molecule has 94 valence electrons. The van der Waals surface area contributed by atoms with Crippen LogP contribution in [-0.2, 0) is 0 Å². The molecule has 4 N–H and O–H groups in total. The Labute approximate surface area is 113 Å². The molecule has 1 aromatic heterocycles. The summed E-state index contributed by atoms with van der Waals surface area (Å²) < 4.78 is 2.50. The van der Waals surface area contributed by atoms with Crippen LogP contribution in [0.3, 0.4) is 0 Å². The fourth-order valence-electron chi connectivity index (χ4n) is 1.63. The summed E-state index contributed by atoms with van der Waals surface area (Å²) in [6.07, 6.45) is 1.69. The zero-order valence-corrected chi connectivity index (χ0v) is 11.4. The number of hydrogen-bond acceptors (Lipinski definition) is 3. The first-order chi connectivity index (χ1) is 8.49. The molecule has 0 fully saturated rings. The number of amides is 1. The van der Waals surface area contributed by atoms with E-state index in [1.807, 2.05) is 25.1 Å². The lowest BCUT2D eigenvalue weighted by atomic mass is 10.1.